The fourth-order valence-corrected chi connectivity index (χ4v) is 2.75. The molecule has 0 amide bonds. The van der Waals surface area contributed by atoms with E-state index in [1.54, 1.807) is 14.2 Å². The first-order valence-electron chi connectivity index (χ1n) is 9.02. The van der Waals surface area contributed by atoms with Crippen LogP contribution in [0, 0.1) is 6.92 Å². The van der Waals surface area contributed by atoms with Gasteiger partial charge in [-0.2, -0.15) is 0 Å². The molecule has 0 heterocycles. The maximum absolute atomic E-state index is 5.37. The summed E-state index contributed by atoms with van der Waals surface area (Å²) in [6, 6.07) is 12.1. The van der Waals surface area contributed by atoms with E-state index in [0.717, 1.165) is 18.2 Å². The van der Waals surface area contributed by atoms with Crippen molar-refractivity contribution in [3.05, 3.63) is 47.5 Å². The van der Waals surface area contributed by atoms with Crippen molar-refractivity contribution in [2.75, 3.05) is 45.1 Å². The monoisotopic (exact) mass is 370 g/mol. The normalized spacial score (nSPS) is 11.1. The summed E-state index contributed by atoms with van der Waals surface area (Å²) in [5, 5.41) is 6.61. The maximum atomic E-state index is 5.37. The van der Waals surface area contributed by atoms with Crippen molar-refractivity contribution < 1.29 is 9.47 Å². The van der Waals surface area contributed by atoms with Gasteiger partial charge in [-0.15, -0.1) is 0 Å². The second-order valence-corrected chi connectivity index (χ2v) is 6.42. The zero-order chi connectivity index (χ0) is 19.8. The zero-order valence-electron chi connectivity index (χ0n) is 17.1. The molecule has 0 fully saturated rings. The number of hydrogen-bond donors (Lipinski definition) is 2. The molecule has 146 valence electrons. The number of aryl methyl sites for hydroxylation is 1. The van der Waals surface area contributed by atoms with Gasteiger partial charge in [0.15, 0.2) is 17.5 Å². The van der Waals surface area contributed by atoms with Crippen LogP contribution in [0.4, 0.5) is 11.4 Å². The smallest absolute Gasteiger partial charge is 0.196 e. The summed E-state index contributed by atoms with van der Waals surface area (Å²) < 4.78 is 10.7. The highest BCUT2D eigenvalue weighted by Crippen LogP contribution is 2.29. The average molecular weight is 370 g/mol. The summed E-state index contributed by atoms with van der Waals surface area (Å²) in [4.78, 5) is 6.86. The summed E-state index contributed by atoms with van der Waals surface area (Å²) in [7, 11) is 7.35. The Labute approximate surface area is 162 Å². The van der Waals surface area contributed by atoms with Gasteiger partial charge in [0, 0.05) is 38.1 Å². The lowest BCUT2D eigenvalue weighted by Gasteiger charge is -2.18. The van der Waals surface area contributed by atoms with Crippen molar-refractivity contribution >= 4 is 17.3 Å². The number of benzene rings is 2. The Kier molecular flexibility index (Phi) is 7.34. The van der Waals surface area contributed by atoms with E-state index in [0.29, 0.717) is 18.0 Å². The van der Waals surface area contributed by atoms with Crippen LogP contribution >= 0.6 is 0 Å². The minimum atomic E-state index is 0.580. The minimum absolute atomic E-state index is 0.580. The highest BCUT2D eigenvalue weighted by atomic mass is 16.5. The van der Waals surface area contributed by atoms with E-state index in [9.17, 15) is 0 Å². The number of guanidine groups is 1. The van der Waals surface area contributed by atoms with Crippen LogP contribution in [0.1, 0.15) is 18.1 Å². The largest absolute Gasteiger partial charge is 0.493 e. The summed E-state index contributed by atoms with van der Waals surface area (Å²) in [5.41, 5.74) is 4.47. The fourth-order valence-electron chi connectivity index (χ4n) is 2.75. The predicted molar refractivity (Wildman–Crippen MR) is 113 cm³/mol. The molecule has 0 bridgehead atoms. The van der Waals surface area contributed by atoms with Crippen molar-refractivity contribution in [3.63, 3.8) is 0 Å². The summed E-state index contributed by atoms with van der Waals surface area (Å²) in [6.45, 7) is 5.50. The van der Waals surface area contributed by atoms with E-state index >= 15 is 0 Å². The standard InChI is InChI=1S/C21H30N4O2/c1-7-22-21(24-17-10-11-19(26-5)20(13-17)27-6)23-14-16-9-8-15(2)12-18(16)25(3)4/h8-13H,7,14H2,1-6H3,(H2,22,23,24). The van der Waals surface area contributed by atoms with Gasteiger partial charge in [-0.25, -0.2) is 4.99 Å². The van der Waals surface area contributed by atoms with Gasteiger partial charge in [0.1, 0.15) is 0 Å². The third-order valence-corrected chi connectivity index (χ3v) is 4.12. The van der Waals surface area contributed by atoms with Crippen molar-refractivity contribution in [1.29, 1.82) is 0 Å². The van der Waals surface area contributed by atoms with E-state index in [1.807, 2.05) is 25.1 Å². The molecule has 0 aliphatic rings. The van der Waals surface area contributed by atoms with Crippen LogP contribution < -0.4 is 25.0 Å². The third-order valence-electron chi connectivity index (χ3n) is 4.12. The number of methoxy groups -OCH3 is 2. The fraction of sp³-hybridized carbons (Fsp3) is 0.381. The lowest BCUT2D eigenvalue weighted by atomic mass is 10.1. The molecule has 0 spiro atoms. The molecule has 0 aliphatic heterocycles. The molecule has 6 nitrogen and oxygen atoms in total. The van der Waals surface area contributed by atoms with Gasteiger partial charge >= 0.3 is 0 Å². The quantitative estimate of drug-likeness (QED) is 0.575. The number of nitrogens with one attached hydrogen (secondary N) is 2. The molecule has 2 aromatic carbocycles. The Morgan fingerprint density at radius 3 is 2.41 bits per heavy atom. The lowest BCUT2D eigenvalue weighted by Crippen LogP contribution is -2.30. The van der Waals surface area contributed by atoms with Gasteiger partial charge in [-0.3, -0.25) is 0 Å². The van der Waals surface area contributed by atoms with Crippen molar-refractivity contribution in [2.45, 2.75) is 20.4 Å². The molecular weight excluding hydrogens is 340 g/mol. The Balaban J connectivity index is 2.22. The van der Waals surface area contributed by atoms with E-state index in [1.165, 1.54) is 16.8 Å². The maximum Gasteiger partial charge on any atom is 0.196 e. The number of aliphatic imine (C=N–C) groups is 1. The number of rotatable bonds is 7. The molecule has 0 atom stereocenters. The van der Waals surface area contributed by atoms with Gasteiger partial charge < -0.3 is 25.0 Å². The van der Waals surface area contributed by atoms with Crippen molar-refractivity contribution in [1.82, 2.24) is 5.32 Å². The van der Waals surface area contributed by atoms with Crippen LogP contribution in [0.5, 0.6) is 11.5 Å². The van der Waals surface area contributed by atoms with Crippen LogP contribution in [0.3, 0.4) is 0 Å². The molecule has 0 saturated heterocycles. The van der Waals surface area contributed by atoms with E-state index in [2.05, 4.69) is 54.8 Å². The Bertz CT molecular complexity index is 788. The Morgan fingerprint density at radius 2 is 1.78 bits per heavy atom. The van der Waals surface area contributed by atoms with Crippen molar-refractivity contribution in [3.8, 4) is 11.5 Å². The molecular formula is C21H30N4O2. The number of hydrogen-bond acceptors (Lipinski definition) is 4. The lowest BCUT2D eigenvalue weighted by molar-refractivity contribution is 0.355. The van der Waals surface area contributed by atoms with Crippen LogP contribution in [0.15, 0.2) is 41.4 Å². The molecule has 0 saturated carbocycles. The van der Waals surface area contributed by atoms with Crippen LogP contribution in [-0.4, -0.2) is 40.8 Å². The zero-order valence-corrected chi connectivity index (χ0v) is 17.1. The molecule has 27 heavy (non-hydrogen) atoms. The van der Waals surface area contributed by atoms with Gasteiger partial charge in [0.05, 0.1) is 20.8 Å². The topological polar surface area (TPSA) is 58.1 Å². The van der Waals surface area contributed by atoms with E-state index in [4.69, 9.17) is 14.5 Å². The van der Waals surface area contributed by atoms with Gasteiger partial charge in [-0.1, -0.05) is 12.1 Å². The first-order valence-corrected chi connectivity index (χ1v) is 9.02. The molecule has 2 N–H and O–H groups in total. The SMILES string of the molecule is CCNC(=NCc1ccc(C)cc1N(C)C)Nc1ccc(OC)c(OC)c1. The Hall–Kier alpha value is -2.89. The number of nitrogens with zero attached hydrogens (tertiary/aromatic N) is 2. The Morgan fingerprint density at radius 1 is 1.04 bits per heavy atom. The highest BCUT2D eigenvalue weighted by molar-refractivity contribution is 5.94. The molecule has 0 unspecified atom stereocenters. The molecule has 0 radical (unpaired) electrons. The van der Waals surface area contributed by atoms with Crippen LogP contribution in [-0.2, 0) is 6.54 Å². The highest BCUT2D eigenvalue weighted by Gasteiger charge is 2.08. The van der Waals surface area contributed by atoms with Gasteiger partial charge in [-0.05, 0) is 43.2 Å². The second-order valence-electron chi connectivity index (χ2n) is 6.42. The first-order chi connectivity index (χ1) is 13.0. The van der Waals surface area contributed by atoms with Crippen molar-refractivity contribution in [2.24, 2.45) is 4.99 Å². The van der Waals surface area contributed by atoms with E-state index < -0.39 is 0 Å². The molecule has 2 rings (SSSR count). The summed E-state index contributed by atoms with van der Waals surface area (Å²) in [6.07, 6.45) is 0. The predicted octanol–water partition coefficient (Wildman–Crippen LogP) is 3.66. The number of anilines is 2. The van der Waals surface area contributed by atoms with Crippen LogP contribution in [0.25, 0.3) is 0 Å². The number of ether oxygens (including phenoxy) is 2. The van der Waals surface area contributed by atoms with Crippen LogP contribution in [0.2, 0.25) is 0 Å². The average Bonchev–Trinajstić information content (AvgIpc) is 2.66. The van der Waals surface area contributed by atoms with Gasteiger partial charge in [0.25, 0.3) is 0 Å². The molecule has 6 heteroatoms. The third kappa shape index (κ3) is 5.54. The molecule has 2 aromatic rings. The minimum Gasteiger partial charge on any atom is -0.493 e. The van der Waals surface area contributed by atoms with E-state index in [-0.39, 0.29) is 0 Å². The van der Waals surface area contributed by atoms with Gasteiger partial charge in [0.2, 0.25) is 0 Å². The summed E-state index contributed by atoms with van der Waals surface area (Å²) >= 11 is 0. The summed E-state index contributed by atoms with van der Waals surface area (Å²) in [5.74, 6) is 2.09. The molecule has 0 aromatic heterocycles. The second kappa shape index (κ2) is 9.71. The first kappa shape index (κ1) is 20.4. The molecule has 0 aliphatic carbocycles.